The van der Waals surface area contributed by atoms with Crippen LogP contribution in [0.25, 0.3) is 0 Å². The van der Waals surface area contributed by atoms with Crippen molar-refractivity contribution >= 4 is 21.6 Å². The van der Waals surface area contributed by atoms with Crippen molar-refractivity contribution in [2.45, 2.75) is 25.1 Å². The molecule has 0 bridgehead atoms. The number of nitrogens with zero attached hydrogens (tertiary/aromatic N) is 1. The lowest BCUT2D eigenvalue weighted by molar-refractivity contribution is 0.331. The van der Waals surface area contributed by atoms with Gasteiger partial charge < -0.3 is 0 Å². The molecular formula is C13H18ClFN2O2S. The third-order valence-electron chi connectivity index (χ3n) is 3.40. The number of nitrogens with one attached hydrogen (secondary N) is 1. The average Bonchev–Trinajstić information content (AvgIpc) is 2.83. The van der Waals surface area contributed by atoms with Crippen LogP contribution in [-0.2, 0) is 16.6 Å². The van der Waals surface area contributed by atoms with E-state index in [-0.39, 0.29) is 10.3 Å². The average molecular weight is 321 g/mol. The Hall–Kier alpha value is -0.690. The maximum Gasteiger partial charge on any atom is 0.215 e. The van der Waals surface area contributed by atoms with Crippen LogP contribution in [0, 0.1) is 5.82 Å². The first-order chi connectivity index (χ1) is 9.42. The molecule has 20 heavy (non-hydrogen) atoms. The molecule has 0 amide bonds. The number of sulfonamides is 1. The number of benzene rings is 1. The molecule has 7 heteroatoms. The zero-order valence-electron chi connectivity index (χ0n) is 11.3. The second-order valence-electron chi connectivity index (χ2n) is 4.94. The lowest BCUT2D eigenvalue weighted by Crippen LogP contribution is -2.36. The Morgan fingerprint density at radius 2 is 2.25 bits per heavy atom. The molecular weight excluding hydrogens is 303 g/mol. The fraction of sp³-hybridized carbons (Fsp3) is 0.538. The molecule has 0 unspecified atom stereocenters. The summed E-state index contributed by atoms with van der Waals surface area (Å²) in [6.45, 7) is 3.96. The van der Waals surface area contributed by atoms with Crippen LogP contribution in [-0.4, -0.2) is 38.2 Å². The molecule has 1 aromatic carbocycles. The molecule has 1 heterocycles. The van der Waals surface area contributed by atoms with Crippen LogP contribution in [0.4, 0.5) is 4.39 Å². The van der Waals surface area contributed by atoms with Gasteiger partial charge in [-0.1, -0.05) is 24.6 Å². The van der Waals surface area contributed by atoms with E-state index < -0.39 is 15.8 Å². The molecule has 0 aliphatic carbocycles. The van der Waals surface area contributed by atoms with Gasteiger partial charge in [0.1, 0.15) is 5.82 Å². The van der Waals surface area contributed by atoms with Crippen LogP contribution in [0.2, 0.25) is 5.02 Å². The second kappa shape index (κ2) is 6.39. The fourth-order valence-electron chi connectivity index (χ4n) is 2.41. The van der Waals surface area contributed by atoms with Gasteiger partial charge in [-0.25, -0.2) is 17.5 Å². The topological polar surface area (TPSA) is 49.4 Å². The molecule has 1 aliphatic heterocycles. The van der Waals surface area contributed by atoms with E-state index in [0.717, 1.165) is 5.56 Å². The number of halogens is 2. The summed E-state index contributed by atoms with van der Waals surface area (Å²) < 4.78 is 39.5. The van der Waals surface area contributed by atoms with Crippen LogP contribution in [0.15, 0.2) is 18.2 Å². The van der Waals surface area contributed by atoms with Crippen LogP contribution in [0.1, 0.15) is 18.9 Å². The van der Waals surface area contributed by atoms with E-state index in [1.165, 1.54) is 6.07 Å². The molecule has 4 nitrogen and oxygen atoms in total. The molecule has 0 spiro atoms. The normalized spacial score (nSPS) is 20.4. The summed E-state index contributed by atoms with van der Waals surface area (Å²) in [5.74, 6) is -0.440. The van der Waals surface area contributed by atoms with Crippen LogP contribution in [0.5, 0.6) is 0 Å². The van der Waals surface area contributed by atoms with Gasteiger partial charge in [0, 0.05) is 19.6 Å². The van der Waals surface area contributed by atoms with Gasteiger partial charge in [0.05, 0.1) is 10.3 Å². The molecule has 0 saturated carbocycles. The van der Waals surface area contributed by atoms with E-state index in [1.54, 1.807) is 19.1 Å². The molecule has 1 aliphatic rings. The molecule has 1 saturated heterocycles. The maximum atomic E-state index is 13.1. The Balaban J connectivity index is 1.98. The highest BCUT2D eigenvalue weighted by molar-refractivity contribution is 7.90. The molecule has 1 atom stereocenters. The molecule has 1 aromatic rings. The van der Waals surface area contributed by atoms with E-state index in [4.69, 9.17) is 11.6 Å². The molecule has 0 aromatic heterocycles. The number of rotatable bonds is 5. The Morgan fingerprint density at radius 1 is 1.50 bits per heavy atom. The quantitative estimate of drug-likeness (QED) is 0.902. The molecule has 1 fully saturated rings. The third-order valence-corrected chi connectivity index (χ3v) is 5.65. The number of likely N-dealkylation sites (tertiary alicyclic amines) is 1. The Bertz CT molecular complexity index is 580. The minimum Gasteiger partial charge on any atom is -0.298 e. The predicted molar refractivity (Wildman–Crippen MR) is 77.7 cm³/mol. The smallest absolute Gasteiger partial charge is 0.215 e. The van der Waals surface area contributed by atoms with Gasteiger partial charge in [-0.3, -0.25) is 4.90 Å². The van der Waals surface area contributed by atoms with Gasteiger partial charge in [-0.05, 0) is 30.7 Å². The lowest BCUT2D eigenvalue weighted by atomic mass is 10.2. The molecule has 112 valence electrons. The van der Waals surface area contributed by atoms with Crippen molar-refractivity contribution in [3.05, 3.63) is 34.6 Å². The molecule has 0 radical (unpaired) electrons. The summed E-state index contributed by atoms with van der Waals surface area (Å²) in [5, 5.41) is -0.281. The summed E-state index contributed by atoms with van der Waals surface area (Å²) in [6.07, 6.45) is 0.615. The first-order valence-corrected chi connectivity index (χ1v) is 8.49. The summed E-state index contributed by atoms with van der Waals surface area (Å²) in [7, 11) is -3.23. The van der Waals surface area contributed by atoms with Crippen LogP contribution >= 0.6 is 11.6 Å². The number of hydrogen-bond donors (Lipinski definition) is 1. The van der Waals surface area contributed by atoms with Crippen LogP contribution in [0.3, 0.4) is 0 Å². The minimum atomic E-state index is -3.23. The second-order valence-corrected chi connectivity index (χ2v) is 7.39. The highest BCUT2D eigenvalue weighted by atomic mass is 35.5. The van der Waals surface area contributed by atoms with Crippen molar-refractivity contribution in [2.75, 3.05) is 19.6 Å². The predicted octanol–water partition coefficient (Wildman–Crippen LogP) is 1.99. The summed E-state index contributed by atoms with van der Waals surface area (Å²) in [6, 6.07) is 4.59. The van der Waals surface area contributed by atoms with Crippen LogP contribution < -0.4 is 4.72 Å². The monoisotopic (exact) mass is 320 g/mol. The zero-order chi connectivity index (χ0) is 14.8. The molecule has 2 rings (SSSR count). The van der Waals surface area contributed by atoms with Gasteiger partial charge in [0.2, 0.25) is 10.0 Å². The van der Waals surface area contributed by atoms with E-state index >= 15 is 0 Å². The largest absolute Gasteiger partial charge is 0.298 e. The number of hydrogen-bond acceptors (Lipinski definition) is 3. The van der Waals surface area contributed by atoms with Crippen molar-refractivity contribution in [1.82, 2.24) is 9.62 Å². The first kappa shape index (κ1) is 15.7. The van der Waals surface area contributed by atoms with E-state index in [1.807, 2.05) is 4.90 Å². The SMILES string of the molecule is CCNS(=O)(=O)[C@H]1CCN(Cc2ccc(F)c(Cl)c2)C1. The van der Waals surface area contributed by atoms with Gasteiger partial charge in [0.15, 0.2) is 0 Å². The molecule has 1 N–H and O–H groups in total. The zero-order valence-corrected chi connectivity index (χ0v) is 12.8. The Labute approximate surface area is 124 Å². The minimum absolute atomic E-state index is 0.0959. The van der Waals surface area contributed by atoms with Crippen molar-refractivity contribution < 1.29 is 12.8 Å². The van der Waals surface area contributed by atoms with Gasteiger partial charge in [-0.2, -0.15) is 0 Å². The van der Waals surface area contributed by atoms with Gasteiger partial charge >= 0.3 is 0 Å². The highest BCUT2D eigenvalue weighted by Gasteiger charge is 2.32. The highest BCUT2D eigenvalue weighted by Crippen LogP contribution is 2.21. The lowest BCUT2D eigenvalue weighted by Gasteiger charge is -2.16. The van der Waals surface area contributed by atoms with Gasteiger partial charge in [0.25, 0.3) is 0 Å². The van der Waals surface area contributed by atoms with Crippen molar-refractivity contribution in [3.8, 4) is 0 Å². The van der Waals surface area contributed by atoms with E-state index in [0.29, 0.717) is 32.6 Å². The first-order valence-electron chi connectivity index (χ1n) is 6.57. The van der Waals surface area contributed by atoms with E-state index in [2.05, 4.69) is 4.72 Å². The third kappa shape index (κ3) is 3.69. The standard InChI is InChI=1S/C13H18ClFN2O2S/c1-2-16-20(18,19)11-5-6-17(9-11)8-10-3-4-13(15)12(14)7-10/h3-4,7,11,16H,2,5-6,8-9H2,1H3/t11-/m0/s1. The van der Waals surface area contributed by atoms with Crippen molar-refractivity contribution in [2.24, 2.45) is 0 Å². The summed E-state index contributed by atoms with van der Waals surface area (Å²) >= 11 is 5.74. The van der Waals surface area contributed by atoms with Crippen molar-refractivity contribution in [3.63, 3.8) is 0 Å². The summed E-state index contributed by atoms with van der Waals surface area (Å²) in [5.41, 5.74) is 0.887. The Kier molecular flexibility index (Phi) is 5.01. The Morgan fingerprint density at radius 3 is 2.90 bits per heavy atom. The van der Waals surface area contributed by atoms with E-state index in [9.17, 15) is 12.8 Å². The van der Waals surface area contributed by atoms with Crippen molar-refractivity contribution in [1.29, 1.82) is 0 Å². The summed E-state index contributed by atoms with van der Waals surface area (Å²) in [4.78, 5) is 2.04. The fourth-order valence-corrected chi connectivity index (χ4v) is 4.07. The van der Waals surface area contributed by atoms with Gasteiger partial charge in [-0.15, -0.1) is 0 Å². The maximum absolute atomic E-state index is 13.1.